The Morgan fingerprint density at radius 1 is 1.48 bits per heavy atom. The lowest BCUT2D eigenvalue weighted by Gasteiger charge is -2.33. The third-order valence-corrected chi connectivity index (χ3v) is 3.60. The number of rotatable bonds is 5. The molecule has 0 N–H and O–H groups in total. The molecule has 1 heterocycles. The van der Waals surface area contributed by atoms with Crippen LogP contribution in [0.15, 0.2) is 24.3 Å². The molecule has 1 aliphatic heterocycles. The van der Waals surface area contributed by atoms with Gasteiger partial charge in [-0.25, -0.2) is 4.39 Å². The Morgan fingerprint density at radius 2 is 2.29 bits per heavy atom. The summed E-state index contributed by atoms with van der Waals surface area (Å²) in [5.41, 5.74) is 0. The molecule has 4 nitrogen and oxygen atoms in total. The number of nitrogens with zero attached hydrogens (tertiary/aromatic N) is 2. The van der Waals surface area contributed by atoms with Crippen LogP contribution in [0.5, 0.6) is 5.75 Å². The minimum Gasteiger partial charge on any atom is -0.493 e. The summed E-state index contributed by atoms with van der Waals surface area (Å²) in [5.74, 6) is 0.731. The summed E-state index contributed by atoms with van der Waals surface area (Å²) in [7, 11) is 3.79. The van der Waals surface area contributed by atoms with Gasteiger partial charge in [-0.3, -0.25) is 4.79 Å². The van der Waals surface area contributed by atoms with Crippen LogP contribution in [0.25, 0.3) is 0 Å². The number of halogens is 1. The van der Waals surface area contributed by atoms with Crippen molar-refractivity contribution in [2.75, 3.05) is 40.3 Å². The Balaban J connectivity index is 1.82. The maximum Gasteiger partial charge on any atom is 0.236 e. The number of likely N-dealkylation sites (tertiary alicyclic amines) is 1. The predicted octanol–water partition coefficient (Wildman–Crippen LogP) is 2.00. The maximum atomic E-state index is 13.1. The molecule has 1 aliphatic rings. The van der Waals surface area contributed by atoms with E-state index in [0.29, 0.717) is 24.8 Å². The number of carbonyl (C=O) groups excluding carboxylic acids is 1. The van der Waals surface area contributed by atoms with Crippen molar-refractivity contribution in [1.29, 1.82) is 0 Å². The van der Waals surface area contributed by atoms with E-state index in [2.05, 4.69) is 0 Å². The zero-order chi connectivity index (χ0) is 15.2. The molecule has 1 aromatic rings. The van der Waals surface area contributed by atoms with E-state index in [0.717, 1.165) is 25.9 Å². The molecule has 0 unspecified atom stereocenters. The van der Waals surface area contributed by atoms with Gasteiger partial charge in [0.1, 0.15) is 11.6 Å². The summed E-state index contributed by atoms with van der Waals surface area (Å²) in [5, 5.41) is 0. The molecule has 21 heavy (non-hydrogen) atoms. The highest BCUT2D eigenvalue weighted by atomic mass is 19.1. The maximum absolute atomic E-state index is 13.1. The third kappa shape index (κ3) is 5.01. The molecule has 2 rings (SSSR count). The van der Waals surface area contributed by atoms with Crippen molar-refractivity contribution in [3.8, 4) is 5.75 Å². The topological polar surface area (TPSA) is 32.8 Å². The second kappa shape index (κ2) is 7.41. The number of hydrogen-bond acceptors (Lipinski definition) is 3. The summed E-state index contributed by atoms with van der Waals surface area (Å²) in [6, 6.07) is 6.17. The number of amides is 1. The first kappa shape index (κ1) is 15.8. The van der Waals surface area contributed by atoms with Gasteiger partial charge in [0.05, 0.1) is 13.2 Å². The molecular weight excluding hydrogens is 271 g/mol. The smallest absolute Gasteiger partial charge is 0.236 e. The quantitative estimate of drug-likeness (QED) is 0.833. The van der Waals surface area contributed by atoms with Crippen molar-refractivity contribution in [1.82, 2.24) is 9.80 Å². The fourth-order valence-electron chi connectivity index (χ4n) is 2.57. The third-order valence-electron chi connectivity index (χ3n) is 3.60. The lowest BCUT2D eigenvalue weighted by Crippen LogP contribution is -2.44. The van der Waals surface area contributed by atoms with E-state index < -0.39 is 0 Å². The van der Waals surface area contributed by atoms with Crippen LogP contribution in [-0.2, 0) is 4.79 Å². The molecule has 0 radical (unpaired) electrons. The minimum absolute atomic E-state index is 0.162. The van der Waals surface area contributed by atoms with Crippen LogP contribution < -0.4 is 4.74 Å². The van der Waals surface area contributed by atoms with E-state index in [-0.39, 0.29) is 11.7 Å². The zero-order valence-electron chi connectivity index (χ0n) is 12.7. The number of benzene rings is 1. The Kier molecular flexibility index (Phi) is 5.56. The van der Waals surface area contributed by atoms with E-state index in [9.17, 15) is 9.18 Å². The largest absolute Gasteiger partial charge is 0.493 e. The van der Waals surface area contributed by atoms with Crippen molar-refractivity contribution < 1.29 is 13.9 Å². The van der Waals surface area contributed by atoms with Gasteiger partial charge in [-0.15, -0.1) is 0 Å². The van der Waals surface area contributed by atoms with Gasteiger partial charge in [0.2, 0.25) is 5.91 Å². The van der Waals surface area contributed by atoms with Crippen LogP contribution in [0, 0.1) is 11.7 Å². The van der Waals surface area contributed by atoms with Crippen molar-refractivity contribution in [3.63, 3.8) is 0 Å². The molecule has 1 amide bonds. The molecule has 0 aliphatic carbocycles. The highest BCUT2D eigenvalue weighted by molar-refractivity contribution is 5.78. The average molecular weight is 294 g/mol. The van der Waals surface area contributed by atoms with Gasteiger partial charge in [0, 0.05) is 25.1 Å². The fraction of sp³-hybridized carbons (Fsp3) is 0.562. The number of carbonyl (C=O) groups is 1. The highest BCUT2D eigenvalue weighted by Gasteiger charge is 2.24. The summed E-state index contributed by atoms with van der Waals surface area (Å²) >= 11 is 0. The standard InChI is InChI=1S/C16H23FN2O2/c1-18(2)11-16(20)19-8-4-5-13(10-19)12-21-15-7-3-6-14(17)9-15/h3,6-7,9,13H,4-5,8,10-12H2,1-2H3/t13-/m1/s1. The minimum atomic E-state index is -0.293. The van der Waals surface area contributed by atoms with Gasteiger partial charge >= 0.3 is 0 Å². The van der Waals surface area contributed by atoms with Crippen LogP contribution in [0.4, 0.5) is 4.39 Å². The van der Waals surface area contributed by atoms with E-state index in [1.54, 1.807) is 12.1 Å². The monoisotopic (exact) mass is 294 g/mol. The number of ether oxygens (including phenoxy) is 1. The fourth-order valence-corrected chi connectivity index (χ4v) is 2.57. The number of hydrogen-bond donors (Lipinski definition) is 0. The Labute approximate surface area is 125 Å². The van der Waals surface area contributed by atoms with E-state index in [1.807, 2.05) is 23.9 Å². The normalized spacial score (nSPS) is 18.9. The lowest BCUT2D eigenvalue weighted by molar-refractivity contribution is -0.133. The zero-order valence-corrected chi connectivity index (χ0v) is 12.7. The Hall–Kier alpha value is -1.62. The SMILES string of the molecule is CN(C)CC(=O)N1CCC[C@@H](COc2cccc(F)c2)C1. The van der Waals surface area contributed by atoms with Crippen LogP contribution in [0.2, 0.25) is 0 Å². The molecule has 0 aromatic heterocycles. The summed E-state index contributed by atoms with van der Waals surface area (Å²) < 4.78 is 18.7. The molecule has 5 heteroatoms. The molecule has 1 fully saturated rings. The predicted molar refractivity (Wildman–Crippen MR) is 79.8 cm³/mol. The van der Waals surface area contributed by atoms with Gasteiger partial charge in [-0.2, -0.15) is 0 Å². The second-order valence-electron chi connectivity index (χ2n) is 5.85. The van der Waals surface area contributed by atoms with E-state index in [4.69, 9.17) is 4.74 Å². The van der Waals surface area contributed by atoms with Crippen molar-refractivity contribution in [2.45, 2.75) is 12.8 Å². The molecule has 1 atom stereocenters. The van der Waals surface area contributed by atoms with Gasteiger partial charge in [-0.1, -0.05) is 6.07 Å². The van der Waals surface area contributed by atoms with Crippen molar-refractivity contribution in [3.05, 3.63) is 30.1 Å². The lowest BCUT2D eigenvalue weighted by atomic mass is 9.99. The van der Waals surface area contributed by atoms with Crippen molar-refractivity contribution >= 4 is 5.91 Å². The molecule has 0 saturated carbocycles. The summed E-state index contributed by atoms with van der Waals surface area (Å²) in [4.78, 5) is 15.9. The van der Waals surface area contributed by atoms with Gasteiger partial charge in [0.15, 0.2) is 0 Å². The van der Waals surface area contributed by atoms with Gasteiger partial charge < -0.3 is 14.5 Å². The first-order chi connectivity index (χ1) is 10.0. The van der Waals surface area contributed by atoms with Gasteiger partial charge in [-0.05, 0) is 39.1 Å². The first-order valence-corrected chi connectivity index (χ1v) is 7.35. The second-order valence-corrected chi connectivity index (χ2v) is 5.85. The molecule has 1 saturated heterocycles. The molecule has 0 bridgehead atoms. The Morgan fingerprint density at radius 3 is 3.00 bits per heavy atom. The average Bonchev–Trinajstić information content (AvgIpc) is 2.45. The Bertz CT molecular complexity index is 479. The van der Waals surface area contributed by atoms with Crippen molar-refractivity contribution in [2.24, 2.45) is 5.92 Å². The summed E-state index contributed by atoms with van der Waals surface area (Å²) in [6.07, 6.45) is 2.04. The van der Waals surface area contributed by atoms with Crippen LogP contribution in [0.3, 0.4) is 0 Å². The highest BCUT2D eigenvalue weighted by Crippen LogP contribution is 2.19. The summed E-state index contributed by atoms with van der Waals surface area (Å²) in [6.45, 7) is 2.51. The molecule has 0 spiro atoms. The molecule has 116 valence electrons. The van der Waals surface area contributed by atoms with Gasteiger partial charge in [0.25, 0.3) is 0 Å². The van der Waals surface area contributed by atoms with Crippen LogP contribution >= 0.6 is 0 Å². The van der Waals surface area contributed by atoms with E-state index in [1.165, 1.54) is 12.1 Å². The number of likely N-dealkylation sites (N-methyl/N-ethyl adjacent to an activating group) is 1. The van der Waals surface area contributed by atoms with E-state index >= 15 is 0 Å². The number of piperidine rings is 1. The van der Waals surface area contributed by atoms with Crippen LogP contribution in [-0.4, -0.2) is 56.0 Å². The first-order valence-electron chi connectivity index (χ1n) is 7.35. The van der Waals surface area contributed by atoms with Crippen LogP contribution in [0.1, 0.15) is 12.8 Å². The molecule has 1 aromatic carbocycles. The molecular formula is C16H23FN2O2.